The molecule has 0 aromatic heterocycles. The van der Waals surface area contributed by atoms with E-state index in [1.165, 1.54) is 4.90 Å². The van der Waals surface area contributed by atoms with Gasteiger partial charge in [0, 0.05) is 12.0 Å². The molecule has 1 rings (SSSR count). The predicted molar refractivity (Wildman–Crippen MR) is 54.6 cm³/mol. The number of nitrogens with zero attached hydrogens (tertiary/aromatic N) is 1. The molecule has 1 saturated heterocycles. The van der Waals surface area contributed by atoms with Gasteiger partial charge < -0.3 is 19.8 Å². The largest absolute Gasteiger partial charge is 0.481 e. The molecule has 0 unspecified atom stereocenters. The van der Waals surface area contributed by atoms with E-state index in [1.807, 2.05) is 0 Å². The van der Waals surface area contributed by atoms with E-state index in [4.69, 9.17) is 14.9 Å². The molecule has 0 bridgehead atoms. The Morgan fingerprint density at radius 3 is 2.75 bits per heavy atom. The number of ether oxygens (including phenoxy) is 1. The Labute approximate surface area is 93.8 Å². The molecule has 0 aromatic rings. The van der Waals surface area contributed by atoms with Gasteiger partial charge in [0.05, 0.1) is 13.0 Å². The van der Waals surface area contributed by atoms with Crippen LogP contribution in [0.3, 0.4) is 0 Å². The Morgan fingerprint density at radius 2 is 2.25 bits per heavy atom. The summed E-state index contributed by atoms with van der Waals surface area (Å²) in [4.78, 5) is 23.6. The maximum atomic E-state index is 11.8. The third-order valence-electron chi connectivity index (χ3n) is 2.65. The average molecular weight is 231 g/mol. The van der Waals surface area contributed by atoms with E-state index in [-0.39, 0.29) is 32.2 Å². The van der Waals surface area contributed by atoms with Crippen LogP contribution in [0.25, 0.3) is 0 Å². The summed E-state index contributed by atoms with van der Waals surface area (Å²) in [7, 11) is 0. The van der Waals surface area contributed by atoms with Crippen LogP contribution in [0, 0.1) is 5.41 Å². The van der Waals surface area contributed by atoms with Crippen molar-refractivity contribution in [1.82, 2.24) is 4.90 Å². The predicted octanol–water partition coefficient (Wildman–Crippen LogP) is -0.336. The van der Waals surface area contributed by atoms with E-state index >= 15 is 0 Å². The fraction of sp³-hybridized carbons (Fsp3) is 0.800. The minimum Gasteiger partial charge on any atom is -0.481 e. The van der Waals surface area contributed by atoms with E-state index in [2.05, 4.69) is 0 Å². The number of carbonyl (C=O) groups is 2. The van der Waals surface area contributed by atoms with Gasteiger partial charge in [-0.15, -0.1) is 0 Å². The van der Waals surface area contributed by atoms with Crippen molar-refractivity contribution in [2.45, 2.75) is 26.4 Å². The molecule has 1 amide bonds. The quantitative estimate of drug-likeness (QED) is 0.676. The molecule has 92 valence electrons. The first kappa shape index (κ1) is 12.9. The van der Waals surface area contributed by atoms with Gasteiger partial charge in [-0.2, -0.15) is 0 Å². The molecular weight excluding hydrogens is 214 g/mol. The fourth-order valence-corrected chi connectivity index (χ4v) is 1.51. The van der Waals surface area contributed by atoms with Crippen molar-refractivity contribution < 1.29 is 24.5 Å². The van der Waals surface area contributed by atoms with Gasteiger partial charge in [0.2, 0.25) is 0 Å². The lowest BCUT2D eigenvalue weighted by atomic mass is 9.87. The van der Waals surface area contributed by atoms with Crippen LogP contribution in [-0.4, -0.2) is 53.0 Å². The van der Waals surface area contributed by atoms with Crippen LogP contribution < -0.4 is 0 Å². The topological polar surface area (TPSA) is 87.1 Å². The summed E-state index contributed by atoms with van der Waals surface area (Å²) in [5.74, 6) is -1.20. The first-order valence-corrected chi connectivity index (χ1v) is 5.11. The number of hydrogen-bond acceptors (Lipinski definition) is 4. The van der Waals surface area contributed by atoms with E-state index in [0.29, 0.717) is 0 Å². The average Bonchev–Trinajstić information content (AvgIpc) is 2.57. The lowest BCUT2D eigenvalue weighted by molar-refractivity contribution is -0.138. The van der Waals surface area contributed by atoms with Gasteiger partial charge in [0.25, 0.3) is 5.91 Å². The Hall–Kier alpha value is -1.14. The third kappa shape index (κ3) is 2.70. The minimum atomic E-state index is -0.947. The summed E-state index contributed by atoms with van der Waals surface area (Å²) in [5, 5.41) is 17.6. The zero-order valence-electron chi connectivity index (χ0n) is 9.47. The zero-order valence-corrected chi connectivity index (χ0v) is 9.47. The molecule has 1 atom stereocenters. The molecular formula is C10H17NO5. The molecule has 0 aliphatic carbocycles. The van der Waals surface area contributed by atoms with Crippen LogP contribution in [0.15, 0.2) is 0 Å². The molecule has 0 aromatic carbocycles. The molecule has 6 heteroatoms. The lowest BCUT2D eigenvalue weighted by Gasteiger charge is -2.26. The summed E-state index contributed by atoms with van der Waals surface area (Å²) >= 11 is 0. The summed E-state index contributed by atoms with van der Waals surface area (Å²) < 4.78 is 5.29. The number of carboxylic acids is 1. The number of aliphatic hydroxyl groups excluding tert-OH is 1. The summed E-state index contributed by atoms with van der Waals surface area (Å²) in [6, 6.07) is 0. The highest BCUT2D eigenvalue weighted by atomic mass is 16.5. The van der Waals surface area contributed by atoms with Gasteiger partial charge in [-0.25, -0.2) is 0 Å². The molecule has 0 radical (unpaired) electrons. The van der Waals surface area contributed by atoms with Crippen LogP contribution in [0.4, 0.5) is 0 Å². The fourth-order valence-electron chi connectivity index (χ4n) is 1.51. The van der Waals surface area contributed by atoms with Gasteiger partial charge in [-0.1, -0.05) is 13.8 Å². The van der Waals surface area contributed by atoms with E-state index in [0.717, 1.165) is 0 Å². The van der Waals surface area contributed by atoms with Gasteiger partial charge in [0.1, 0.15) is 12.8 Å². The molecule has 1 aliphatic rings. The molecule has 0 spiro atoms. The van der Waals surface area contributed by atoms with Gasteiger partial charge in [-0.05, 0) is 0 Å². The summed E-state index contributed by atoms with van der Waals surface area (Å²) in [5.41, 5.74) is -0.644. The Kier molecular flexibility index (Phi) is 3.88. The molecule has 2 N–H and O–H groups in total. The van der Waals surface area contributed by atoms with Crippen molar-refractivity contribution in [3.63, 3.8) is 0 Å². The van der Waals surface area contributed by atoms with Crippen molar-refractivity contribution in [2.24, 2.45) is 5.41 Å². The SMILES string of the molecule is CC(C)(CO)[C@H]1OCN(CCC(=O)O)C1=O. The third-order valence-corrected chi connectivity index (χ3v) is 2.65. The van der Waals surface area contributed by atoms with Crippen LogP contribution in [-0.2, 0) is 14.3 Å². The van der Waals surface area contributed by atoms with Crippen molar-refractivity contribution >= 4 is 11.9 Å². The summed E-state index contributed by atoms with van der Waals surface area (Å²) in [6.45, 7) is 3.55. The Balaban J connectivity index is 2.57. The van der Waals surface area contributed by atoms with Gasteiger partial charge in [0.15, 0.2) is 0 Å². The van der Waals surface area contributed by atoms with Crippen molar-refractivity contribution in [1.29, 1.82) is 0 Å². The maximum Gasteiger partial charge on any atom is 0.305 e. The normalized spacial score (nSPS) is 21.6. The van der Waals surface area contributed by atoms with E-state index in [1.54, 1.807) is 13.8 Å². The number of rotatable bonds is 5. The van der Waals surface area contributed by atoms with Gasteiger partial charge in [-0.3, -0.25) is 9.59 Å². The van der Waals surface area contributed by atoms with Crippen LogP contribution >= 0.6 is 0 Å². The lowest BCUT2D eigenvalue weighted by Crippen LogP contribution is -2.41. The number of carboxylic acid groups (broad SMARTS) is 1. The van der Waals surface area contributed by atoms with Crippen molar-refractivity contribution in [2.75, 3.05) is 19.9 Å². The molecule has 1 heterocycles. The second-order valence-corrected chi connectivity index (χ2v) is 4.57. The second kappa shape index (κ2) is 4.80. The molecule has 16 heavy (non-hydrogen) atoms. The highest BCUT2D eigenvalue weighted by molar-refractivity contribution is 5.83. The highest BCUT2D eigenvalue weighted by Crippen LogP contribution is 2.28. The monoisotopic (exact) mass is 231 g/mol. The van der Waals surface area contributed by atoms with E-state index < -0.39 is 17.5 Å². The number of hydrogen-bond donors (Lipinski definition) is 2. The molecule has 1 fully saturated rings. The smallest absolute Gasteiger partial charge is 0.305 e. The van der Waals surface area contributed by atoms with Crippen molar-refractivity contribution in [3.8, 4) is 0 Å². The van der Waals surface area contributed by atoms with Crippen molar-refractivity contribution in [3.05, 3.63) is 0 Å². The van der Waals surface area contributed by atoms with Crippen LogP contribution in [0.5, 0.6) is 0 Å². The minimum absolute atomic E-state index is 0.0959. The number of aliphatic hydroxyl groups is 1. The molecule has 6 nitrogen and oxygen atoms in total. The molecule has 0 saturated carbocycles. The Bertz CT molecular complexity index is 289. The van der Waals surface area contributed by atoms with Gasteiger partial charge >= 0.3 is 5.97 Å². The first-order chi connectivity index (χ1) is 7.38. The number of carbonyl (C=O) groups excluding carboxylic acids is 1. The van der Waals surface area contributed by atoms with Crippen LogP contribution in [0.2, 0.25) is 0 Å². The highest BCUT2D eigenvalue weighted by Gasteiger charge is 2.42. The second-order valence-electron chi connectivity index (χ2n) is 4.57. The number of amides is 1. The van der Waals surface area contributed by atoms with E-state index in [9.17, 15) is 9.59 Å². The molecule has 1 aliphatic heterocycles. The summed E-state index contributed by atoms with van der Waals surface area (Å²) in [6.07, 6.45) is -0.784. The first-order valence-electron chi connectivity index (χ1n) is 5.11. The number of aliphatic carboxylic acids is 1. The maximum absolute atomic E-state index is 11.8. The Morgan fingerprint density at radius 1 is 1.62 bits per heavy atom. The zero-order chi connectivity index (χ0) is 12.3. The van der Waals surface area contributed by atoms with Crippen LogP contribution in [0.1, 0.15) is 20.3 Å². The standard InChI is InChI=1S/C10H17NO5/c1-10(2,5-12)8-9(15)11(6-16-8)4-3-7(13)14/h8,12H,3-6H2,1-2H3,(H,13,14)/t8-/m0/s1.